The number of aliphatic hydroxyl groups excluding tert-OH is 1. The Balaban J connectivity index is 1.38. The first-order valence-electron chi connectivity index (χ1n) is 13.4. The van der Waals surface area contributed by atoms with Crippen LogP contribution < -0.4 is 0 Å². The van der Waals surface area contributed by atoms with Crippen molar-refractivity contribution < 1.29 is 19.3 Å². The summed E-state index contributed by atoms with van der Waals surface area (Å²) in [6.45, 7) is 4.08. The van der Waals surface area contributed by atoms with Gasteiger partial charge in [0, 0.05) is 13.0 Å². The third-order valence-corrected chi connectivity index (χ3v) is 6.41. The molecule has 32 heavy (non-hydrogen) atoms. The maximum Gasteiger partial charge on any atom is 0.157 e. The Hall–Kier alpha value is -0.940. The Morgan fingerprint density at radius 2 is 1.38 bits per heavy atom. The first-order valence-corrected chi connectivity index (χ1v) is 13.4. The summed E-state index contributed by atoms with van der Waals surface area (Å²) >= 11 is 0. The molecule has 3 atom stereocenters. The van der Waals surface area contributed by atoms with Gasteiger partial charge in [-0.05, 0) is 12.0 Å². The number of ether oxygens (including phenoxy) is 3. The second-order valence-corrected chi connectivity index (χ2v) is 9.37. The SMILES string of the molecule is CCCCCCCCCCCCCCCCOC[C@@H]1OC(O)C[C@@H]1OCc1ccccc1. The van der Waals surface area contributed by atoms with Crippen molar-refractivity contribution in [1.29, 1.82) is 0 Å². The van der Waals surface area contributed by atoms with Gasteiger partial charge in [-0.3, -0.25) is 0 Å². The molecule has 1 aromatic carbocycles. The van der Waals surface area contributed by atoms with Crippen LogP contribution in [-0.2, 0) is 20.8 Å². The van der Waals surface area contributed by atoms with Gasteiger partial charge in [-0.1, -0.05) is 121 Å². The minimum absolute atomic E-state index is 0.110. The van der Waals surface area contributed by atoms with E-state index in [4.69, 9.17) is 14.2 Å². The standard InChI is InChI=1S/C28H48O4/c1-2-3-4-5-6-7-8-9-10-11-12-13-14-18-21-30-24-27-26(22-28(29)32-27)31-23-25-19-16-15-17-20-25/h15-17,19-20,26-29H,2-14,18,21-24H2,1H3/t26-,27-,28?/m0/s1. The Morgan fingerprint density at radius 3 is 1.97 bits per heavy atom. The molecule has 1 fully saturated rings. The van der Waals surface area contributed by atoms with Crippen LogP contribution in [0.15, 0.2) is 30.3 Å². The molecule has 0 aliphatic carbocycles. The zero-order valence-corrected chi connectivity index (χ0v) is 20.5. The van der Waals surface area contributed by atoms with Gasteiger partial charge >= 0.3 is 0 Å². The highest BCUT2D eigenvalue weighted by molar-refractivity contribution is 5.13. The summed E-state index contributed by atoms with van der Waals surface area (Å²) in [5.74, 6) is 0. The van der Waals surface area contributed by atoms with Crippen LogP contribution in [0.25, 0.3) is 0 Å². The number of hydrogen-bond donors (Lipinski definition) is 1. The van der Waals surface area contributed by atoms with Crippen molar-refractivity contribution in [2.24, 2.45) is 0 Å². The van der Waals surface area contributed by atoms with Crippen LogP contribution in [0.1, 0.15) is 109 Å². The van der Waals surface area contributed by atoms with Crippen LogP contribution in [0.4, 0.5) is 0 Å². The summed E-state index contributed by atoms with van der Waals surface area (Å²) in [7, 11) is 0. The highest BCUT2D eigenvalue weighted by Gasteiger charge is 2.35. The molecule has 0 amide bonds. The van der Waals surface area contributed by atoms with Crippen LogP contribution >= 0.6 is 0 Å². The van der Waals surface area contributed by atoms with E-state index in [0.717, 1.165) is 18.6 Å². The summed E-state index contributed by atoms with van der Waals surface area (Å²) in [5.41, 5.74) is 1.14. The second kappa shape index (κ2) is 18.5. The first kappa shape index (κ1) is 27.3. The zero-order chi connectivity index (χ0) is 22.7. The van der Waals surface area contributed by atoms with E-state index in [1.165, 1.54) is 83.5 Å². The van der Waals surface area contributed by atoms with Crippen molar-refractivity contribution in [3.63, 3.8) is 0 Å². The Kier molecular flexibility index (Phi) is 15.8. The number of benzene rings is 1. The molecule has 0 aromatic heterocycles. The minimum Gasteiger partial charge on any atom is -0.379 e. The average molecular weight is 449 g/mol. The lowest BCUT2D eigenvalue weighted by atomic mass is 10.0. The van der Waals surface area contributed by atoms with E-state index < -0.39 is 6.29 Å². The lowest BCUT2D eigenvalue weighted by Crippen LogP contribution is -2.29. The number of unbranched alkanes of at least 4 members (excludes halogenated alkanes) is 13. The van der Waals surface area contributed by atoms with E-state index >= 15 is 0 Å². The molecule has 1 aliphatic rings. The molecule has 1 heterocycles. The summed E-state index contributed by atoms with van der Waals surface area (Å²) < 4.78 is 17.4. The van der Waals surface area contributed by atoms with E-state index in [0.29, 0.717) is 19.6 Å². The van der Waals surface area contributed by atoms with Crippen molar-refractivity contribution in [3.05, 3.63) is 35.9 Å². The van der Waals surface area contributed by atoms with Crippen LogP contribution in [0.5, 0.6) is 0 Å². The van der Waals surface area contributed by atoms with Gasteiger partial charge in [0.1, 0.15) is 6.10 Å². The molecule has 0 saturated carbocycles. The summed E-state index contributed by atoms with van der Waals surface area (Å²) in [6, 6.07) is 10.1. The zero-order valence-electron chi connectivity index (χ0n) is 20.5. The van der Waals surface area contributed by atoms with Gasteiger partial charge in [-0.2, -0.15) is 0 Å². The largest absolute Gasteiger partial charge is 0.379 e. The van der Waals surface area contributed by atoms with E-state index in [2.05, 4.69) is 6.92 Å². The maximum absolute atomic E-state index is 9.84. The quantitative estimate of drug-likeness (QED) is 0.215. The van der Waals surface area contributed by atoms with E-state index in [9.17, 15) is 5.11 Å². The number of rotatable bonds is 20. The number of aliphatic hydroxyl groups is 1. The predicted molar refractivity (Wildman–Crippen MR) is 132 cm³/mol. The molecule has 4 heteroatoms. The molecule has 4 nitrogen and oxygen atoms in total. The molecule has 2 rings (SSSR count). The highest BCUT2D eigenvalue weighted by atomic mass is 16.6. The smallest absolute Gasteiger partial charge is 0.157 e. The molecule has 184 valence electrons. The molecule has 0 bridgehead atoms. The second-order valence-electron chi connectivity index (χ2n) is 9.37. The van der Waals surface area contributed by atoms with E-state index in [1.54, 1.807) is 0 Å². The van der Waals surface area contributed by atoms with Crippen LogP contribution in [0.2, 0.25) is 0 Å². The number of hydrogen-bond acceptors (Lipinski definition) is 4. The van der Waals surface area contributed by atoms with Crippen molar-refractivity contribution in [2.45, 2.75) is 128 Å². The van der Waals surface area contributed by atoms with Crippen molar-refractivity contribution >= 4 is 0 Å². The van der Waals surface area contributed by atoms with Gasteiger partial charge in [-0.25, -0.2) is 0 Å². The fourth-order valence-electron chi connectivity index (χ4n) is 4.39. The lowest BCUT2D eigenvalue weighted by Gasteiger charge is -2.19. The molecular weight excluding hydrogens is 400 g/mol. The minimum atomic E-state index is -0.745. The molecule has 1 saturated heterocycles. The molecule has 0 spiro atoms. The Bertz CT molecular complexity index is 535. The van der Waals surface area contributed by atoms with Crippen LogP contribution in [-0.4, -0.2) is 36.8 Å². The van der Waals surface area contributed by atoms with Gasteiger partial charge in [0.05, 0.1) is 19.3 Å². The van der Waals surface area contributed by atoms with Crippen molar-refractivity contribution in [3.8, 4) is 0 Å². The summed E-state index contributed by atoms with van der Waals surface area (Å²) in [6.07, 6.45) is 18.6. The fraction of sp³-hybridized carbons (Fsp3) is 0.786. The predicted octanol–water partition coefficient (Wildman–Crippen LogP) is 7.18. The normalized spacial score (nSPS) is 20.8. The van der Waals surface area contributed by atoms with Crippen LogP contribution in [0, 0.1) is 0 Å². The van der Waals surface area contributed by atoms with Gasteiger partial charge < -0.3 is 19.3 Å². The average Bonchev–Trinajstić information content (AvgIpc) is 3.17. The maximum atomic E-state index is 9.84. The van der Waals surface area contributed by atoms with Gasteiger partial charge in [0.2, 0.25) is 0 Å². The van der Waals surface area contributed by atoms with Gasteiger partial charge in [0.15, 0.2) is 6.29 Å². The highest BCUT2D eigenvalue weighted by Crippen LogP contribution is 2.23. The van der Waals surface area contributed by atoms with Gasteiger partial charge in [-0.15, -0.1) is 0 Å². The molecule has 1 N–H and O–H groups in total. The Labute approximate surface area is 197 Å². The van der Waals surface area contributed by atoms with Crippen molar-refractivity contribution in [1.82, 2.24) is 0 Å². The third-order valence-electron chi connectivity index (χ3n) is 6.41. The topological polar surface area (TPSA) is 47.9 Å². The molecule has 1 unspecified atom stereocenters. The van der Waals surface area contributed by atoms with E-state index in [-0.39, 0.29) is 12.2 Å². The summed E-state index contributed by atoms with van der Waals surface area (Å²) in [5, 5.41) is 9.84. The first-order chi connectivity index (χ1) is 15.8. The monoisotopic (exact) mass is 448 g/mol. The van der Waals surface area contributed by atoms with Crippen molar-refractivity contribution in [2.75, 3.05) is 13.2 Å². The molecular formula is C28H48O4. The summed E-state index contributed by atoms with van der Waals surface area (Å²) in [4.78, 5) is 0. The Morgan fingerprint density at radius 1 is 0.812 bits per heavy atom. The van der Waals surface area contributed by atoms with Gasteiger partial charge in [0.25, 0.3) is 0 Å². The molecule has 0 radical (unpaired) electrons. The molecule has 1 aromatic rings. The molecule has 1 aliphatic heterocycles. The third kappa shape index (κ3) is 12.9. The van der Waals surface area contributed by atoms with Crippen LogP contribution in [0.3, 0.4) is 0 Å². The fourth-order valence-corrected chi connectivity index (χ4v) is 4.39. The lowest BCUT2D eigenvalue weighted by molar-refractivity contribution is -0.121. The van der Waals surface area contributed by atoms with E-state index in [1.807, 2.05) is 30.3 Å².